The van der Waals surface area contributed by atoms with Crippen molar-refractivity contribution in [3.8, 4) is 0 Å². The topological polar surface area (TPSA) is 38.5 Å². The molecule has 1 heterocycles. The molecule has 1 aliphatic heterocycles. The molecule has 17 heavy (non-hydrogen) atoms. The summed E-state index contributed by atoms with van der Waals surface area (Å²) >= 11 is 0. The molecule has 1 aliphatic rings. The van der Waals surface area contributed by atoms with Crippen molar-refractivity contribution >= 4 is 0 Å². The fraction of sp³-hybridized carbons (Fsp3) is 0.538. The van der Waals surface area contributed by atoms with E-state index in [1.54, 1.807) is 6.07 Å². The summed E-state index contributed by atoms with van der Waals surface area (Å²) in [7, 11) is 0. The summed E-state index contributed by atoms with van der Waals surface area (Å²) in [4.78, 5) is 2.23. The first kappa shape index (κ1) is 12.5. The number of nitrogens with zero attached hydrogens (tertiary/aromatic N) is 1. The lowest BCUT2D eigenvalue weighted by atomic mass is 10.1. The van der Waals surface area contributed by atoms with Crippen molar-refractivity contribution in [2.75, 3.05) is 26.3 Å². The van der Waals surface area contributed by atoms with Gasteiger partial charge in [0.15, 0.2) is 0 Å². The van der Waals surface area contributed by atoms with E-state index in [2.05, 4.69) is 4.90 Å². The molecule has 0 unspecified atom stereocenters. The zero-order valence-corrected chi connectivity index (χ0v) is 9.99. The average molecular weight is 238 g/mol. The van der Waals surface area contributed by atoms with Gasteiger partial charge in [0.05, 0.1) is 6.61 Å². The van der Waals surface area contributed by atoms with E-state index in [1.807, 2.05) is 6.07 Å². The molecule has 0 atom stereocenters. The first-order chi connectivity index (χ1) is 8.29. The van der Waals surface area contributed by atoms with Crippen LogP contribution < -0.4 is 5.73 Å². The highest BCUT2D eigenvalue weighted by Crippen LogP contribution is 2.14. The van der Waals surface area contributed by atoms with Gasteiger partial charge in [-0.3, -0.25) is 4.90 Å². The molecule has 1 saturated heterocycles. The third-order valence-corrected chi connectivity index (χ3v) is 3.05. The zero-order valence-electron chi connectivity index (χ0n) is 9.99. The number of nitrogens with two attached hydrogens (primary N) is 1. The lowest BCUT2D eigenvalue weighted by Gasteiger charge is -2.19. The summed E-state index contributed by atoms with van der Waals surface area (Å²) in [6.07, 6.45) is 1.01. The van der Waals surface area contributed by atoms with E-state index in [1.165, 1.54) is 6.07 Å². The standard InChI is InChI=1S/C13H19FN2O/c14-13-3-2-11(9-15)8-12(13)10-16-4-1-6-17-7-5-16/h2-3,8H,1,4-7,9-10,15H2. The Morgan fingerprint density at radius 1 is 1.29 bits per heavy atom. The molecule has 4 heteroatoms. The van der Waals surface area contributed by atoms with Gasteiger partial charge >= 0.3 is 0 Å². The molecule has 1 aromatic rings. The minimum atomic E-state index is -0.146. The second-order valence-corrected chi connectivity index (χ2v) is 4.37. The second kappa shape index (κ2) is 6.10. The van der Waals surface area contributed by atoms with Gasteiger partial charge in [-0.05, 0) is 18.1 Å². The van der Waals surface area contributed by atoms with Crippen LogP contribution in [0.5, 0.6) is 0 Å². The summed E-state index contributed by atoms with van der Waals surface area (Å²) in [5.74, 6) is -0.146. The van der Waals surface area contributed by atoms with Gasteiger partial charge in [-0.2, -0.15) is 0 Å². The third-order valence-electron chi connectivity index (χ3n) is 3.05. The number of ether oxygens (including phenoxy) is 1. The Morgan fingerprint density at radius 2 is 2.18 bits per heavy atom. The van der Waals surface area contributed by atoms with E-state index in [4.69, 9.17) is 10.5 Å². The van der Waals surface area contributed by atoms with Gasteiger partial charge in [0, 0.05) is 38.3 Å². The Labute approximate surface area is 101 Å². The van der Waals surface area contributed by atoms with Gasteiger partial charge in [-0.15, -0.1) is 0 Å². The quantitative estimate of drug-likeness (QED) is 0.867. The van der Waals surface area contributed by atoms with Crippen LogP contribution in [0.3, 0.4) is 0 Å². The molecule has 1 fully saturated rings. The Bertz CT molecular complexity index is 362. The summed E-state index contributed by atoms with van der Waals surface area (Å²) < 4.78 is 19.0. The Hall–Kier alpha value is -0.970. The van der Waals surface area contributed by atoms with Crippen molar-refractivity contribution in [2.24, 2.45) is 5.73 Å². The van der Waals surface area contributed by atoms with Gasteiger partial charge in [-0.1, -0.05) is 12.1 Å². The van der Waals surface area contributed by atoms with Crippen molar-refractivity contribution in [1.29, 1.82) is 0 Å². The smallest absolute Gasteiger partial charge is 0.127 e. The lowest BCUT2D eigenvalue weighted by Crippen LogP contribution is -2.26. The van der Waals surface area contributed by atoms with E-state index >= 15 is 0 Å². The van der Waals surface area contributed by atoms with Crippen LogP contribution in [0.15, 0.2) is 18.2 Å². The highest BCUT2D eigenvalue weighted by molar-refractivity contribution is 5.25. The van der Waals surface area contributed by atoms with Gasteiger partial charge in [0.2, 0.25) is 0 Å². The largest absolute Gasteiger partial charge is 0.380 e. The number of hydrogen-bond donors (Lipinski definition) is 1. The molecule has 0 aromatic heterocycles. The minimum Gasteiger partial charge on any atom is -0.380 e. The molecule has 0 amide bonds. The van der Waals surface area contributed by atoms with Gasteiger partial charge in [0.25, 0.3) is 0 Å². The molecule has 3 nitrogen and oxygen atoms in total. The van der Waals surface area contributed by atoms with Crippen LogP contribution in [0.25, 0.3) is 0 Å². The zero-order chi connectivity index (χ0) is 12.1. The first-order valence-corrected chi connectivity index (χ1v) is 6.07. The molecule has 0 saturated carbocycles. The van der Waals surface area contributed by atoms with Crippen LogP contribution in [0, 0.1) is 5.82 Å². The van der Waals surface area contributed by atoms with Gasteiger partial charge < -0.3 is 10.5 Å². The Kier molecular flexibility index (Phi) is 4.48. The van der Waals surface area contributed by atoms with Crippen LogP contribution >= 0.6 is 0 Å². The summed E-state index contributed by atoms with van der Waals surface area (Å²) in [6, 6.07) is 5.11. The predicted octanol–water partition coefficient (Wildman–Crippen LogP) is 1.51. The monoisotopic (exact) mass is 238 g/mol. The molecule has 1 aromatic carbocycles. The molecular weight excluding hydrogens is 219 g/mol. The highest BCUT2D eigenvalue weighted by Gasteiger charge is 2.12. The van der Waals surface area contributed by atoms with Crippen LogP contribution in [0.4, 0.5) is 4.39 Å². The van der Waals surface area contributed by atoms with Crippen LogP contribution in [0.2, 0.25) is 0 Å². The maximum atomic E-state index is 13.7. The molecule has 2 N–H and O–H groups in total. The maximum Gasteiger partial charge on any atom is 0.127 e. The van der Waals surface area contributed by atoms with E-state index in [0.29, 0.717) is 13.1 Å². The van der Waals surface area contributed by atoms with Gasteiger partial charge in [-0.25, -0.2) is 4.39 Å². The van der Waals surface area contributed by atoms with Crippen molar-refractivity contribution in [3.05, 3.63) is 35.1 Å². The number of rotatable bonds is 3. The van der Waals surface area contributed by atoms with E-state index < -0.39 is 0 Å². The number of halogens is 1. The van der Waals surface area contributed by atoms with Crippen molar-refractivity contribution in [2.45, 2.75) is 19.5 Å². The Balaban J connectivity index is 2.05. The van der Waals surface area contributed by atoms with Crippen molar-refractivity contribution in [1.82, 2.24) is 4.90 Å². The summed E-state index contributed by atoms with van der Waals surface area (Å²) in [5, 5.41) is 0. The number of benzene rings is 1. The van der Waals surface area contributed by atoms with Crippen molar-refractivity contribution < 1.29 is 9.13 Å². The molecule has 2 rings (SSSR count). The van der Waals surface area contributed by atoms with E-state index in [-0.39, 0.29) is 5.82 Å². The fourth-order valence-electron chi connectivity index (χ4n) is 2.07. The second-order valence-electron chi connectivity index (χ2n) is 4.37. The van der Waals surface area contributed by atoms with E-state index in [0.717, 1.165) is 43.9 Å². The van der Waals surface area contributed by atoms with Crippen molar-refractivity contribution in [3.63, 3.8) is 0 Å². The fourth-order valence-corrected chi connectivity index (χ4v) is 2.07. The predicted molar refractivity (Wildman–Crippen MR) is 65.0 cm³/mol. The first-order valence-electron chi connectivity index (χ1n) is 6.07. The highest BCUT2D eigenvalue weighted by atomic mass is 19.1. The molecule has 0 spiro atoms. The lowest BCUT2D eigenvalue weighted by molar-refractivity contribution is 0.140. The molecule has 0 aliphatic carbocycles. The third kappa shape index (κ3) is 3.49. The number of hydrogen-bond acceptors (Lipinski definition) is 3. The molecule has 0 bridgehead atoms. The average Bonchev–Trinajstić information content (AvgIpc) is 2.60. The SMILES string of the molecule is NCc1ccc(F)c(CN2CCCOCC2)c1. The normalized spacial score (nSPS) is 18.0. The summed E-state index contributed by atoms with van der Waals surface area (Å²) in [6.45, 7) is 4.47. The minimum absolute atomic E-state index is 0.146. The van der Waals surface area contributed by atoms with Crippen LogP contribution in [0.1, 0.15) is 17.5 Å². The molecule has 0 radical (unpaired) electrons. The van der Waals surface area contributed by atoms with Gasteiger partial charge in [0.1, 0.15) is 5.82 Å². The van der Waals surface area contributed by atoms with Crippen LogP contribution in [-0.2, 0) is 17.8 Å². The maximum absolute atomic E-state index is 13.7. The Morgan fingerprint density at radius 3 is 3.00 bits per heavy atom. The van der Waals surface area contributed by atoms with E-state index in [9.17, 15) is 4.39 Å². The van der Waals surface area contributed by atoms with Crippen LogP contribution in [-0.4, -0.2) is 31.2 Å². The summed E-state index contributed by atoms with van der Waals surface area (Å²) in [5.41, 5.74) is 7.28. The molecule has 94 valence electrons. The molecular formula is C13H19FN2O.